The number of carbonyl (C=O) groups is 2. The molecular formula is C36H37BrN2O4. The van der Waals surface area contributed by atoms with Crippen LogP contribution >= 0.6 is 15.9 Å². The molecule has 222 valence electrons. The molecule has 0 aliphatic heterocycles. The SMILES string of the molecule is Cc1c(-c2ccccc2)nc2ccc(Br)cc2c1C(=O)NC12CCC(C(=O)OC(C)(C)C)(CC1)CC2Oc1ccccc1. The van der Waals surface area contributed by atoms with Gasteiger partial charge in [-0.3, -0.25) is 9.59 Å². The molecule has 43 heavy (non-hydrogen) atoms. The lowest BCUT2D eigenvalue weighted by atomic mass is 9.55. The second-order valence-electron chi connectivity index (χ2n) is 13.0. The van der Waals surface area contributed by atoms with Crippen LogP contribution in [0.5, 0.6) is 5.75 Å². The van der Waals surface area contributed by atoms with Crippen molar-refractivity contribution in [3.05, 3.63) is 94.5 Å². The molecule has 1 amide bonds. The summed E-state index contributed by atoms with van der Waals surface area (Å²) < 4.78 is 13.4. The number of carbonyl (C=O) groups excluding carboxylic acids is 2. The Labute approximate surface area is 261 Å². The highest BCUT2D eigenvalue weighted by molar-refractivity contribution is 9.10. The largest absolute Gasteiger partial charge is 0.488 e. The van der Waals surface area contributed by atoms with Crippen molar-refractivity contribution in [2.24, 2.45) is 5.41 Å². The Bertz CT molecular complexity index is 1670. The predicted molar refractivity (Wildman–Crippen MR) is 172 cm³/mol. The van der Waals surface area contributed by atoms with Gasteiger partial charge in [0, 0.05) is 21.8 Å². The molecule has 0 radical (unpaired) electrons. The summed E-state index contributed by atoms with van der Waals surface area (Å²) in [6, 6.07) is 25.5. The first-order valence-corrected chi connectivity index (χ1v) is 15.7. The number of pyridine rings is 1. The predicted octanol–water partition coefficient (Wildman–Crippen LogP) is 8.19. The maximum atomic E-state index is 14.5. The van der Waals surface area contributed by atoms with E-state index in [0.717, 1.165) is 32.2 Å². The van der Waals surface area contributed by atoms with E-state index in [1.807, 2.05) is 107 Å². The maximum absolute atomic E-state index is 14.5. The number of benzene rings is 3. The minimum Gasteiger partial charge on any atom is -0.488 e. The molecule has 3 fully saturated rings. The fraction of sp³-hybridized carbons (Fsp3) is 0.361. The van der Waals surface area contributed by atoms with Crippen molar-refractivity contribution in [2.75, 3.05) is 0 Å². The molecule has 4 aromatic rings. The fourth-order valence-electron chi connectivity index (χ4n) is 6.74. The number of esters is 1. The summed E-state index contributed by atoms with van der Waals surface area (Å²) in [5.41, 5.74) is 2.07. The van der Waals surface area contributed by atoms with E-state index in [0.29, 0.717) is 43.4 Å². The third-order valence-corrected chi connectivity index (χ3v) is 9.47. The molecule has 1 atom stereocenters. The zero-order chi connectivity index (χ0) is 30.4. The van der Waals surface area contributed by atoms with Crippen LogP contribution in [-0.2, 0) is 9.53 Å². The average molecular weight is 642 g/mol. The lowest BCUT2D eigenvalue weighted by molar-refractivity contribution is -0.181. The number of fused-ring (bicyclic) bond motifs is 4. The van der Waals surface area contributed by atoms with Crippen molar-refractivity contribution in [3.8, 4) is 17.0 Å². The fourth-order valence-corrected chi connectivity index (χ4v) is 7.10. The average Bonchev–Trinajstić information content (AvgIpc) is 2.98. The molecule has 7 rings (SSSR count). The van der Waals surface area contributed by atoms with Crippen LogP contribution in [0.4, 0.5) is 0 Å². The summed E-state index contributed by atoms with van der Waals surface area (Å²) in [6.45, 7) is 7.67. The van der Waals surface area contributed by atoms with E-state index in [1.54, 1.807) is 0 Å². The highest BCUT2D eigenvalue weighted by Gasteiger charge is 2.60. The highest BCUT2D eigenvalue weighted by Crippen LogP contribution is 2.54. The van der Waals surface area contributed by atoms with Crippen molar-refractivity contribution in [1.29, 1.82) is 0 Å². The quantitative estimate of drug-likeness (QED) is 0.215. The van der Waals surface area contributed by atoms with Gasteiger partial charge in [-0.05, 0) is 89.3 Å². The highest BCUT2D eigenvalue weighted by atomic mass is 79.9. The smallest absolute Gasteiger partial charge is 0.312 e. The molecule has 2 bridgehead atoms. The van der Waals surface area contributed by atoms with Gasteiger partial charge in [0.15, 0.2) is 0 Å². The number of nitrogens with zero attached hydrogens (tertiary/aromatic N) is 1. The van der Waals surface area contributed by atoms with Gasteiger partial charge in [0.25, 0.3) is 5.91 Å². The van der Waals surface area contributed by atoms with Crippen molar-refractivity contribution >= 4 is 38.7 Å². The standard InChI is InChI=1S/C36H37BrN2O4/c1-23-30(27-21-25(37)15-16-28(27)38-31(23)24-11-7-5-8-12-24)32(40)39-36-19-17-35(18-20-36,33(41)43-34(2,3)4)22-29(36)42-26-13-9-6-10-14-26/h5-16,21,29H,17-20,22H2,1-4H3,(H,39,40). The number of aromatic nitrogens is 1. The van der Waals surface area contributed by atoms with Gasteiger partial charge in [-0.15, -0.1) is 0 Å². The van der Waals surface area contributed by atoms with Crippen LogP contribution in [-0.4, -0.2) is 34.1 Å². The van der Waals surface area contributed by atoms with Crippen LogP contribution in [0.1, 0.15) is 68.8 Å². The molecule has 7 heteroatoms. The van der Waals surface area contributed by atoms with Crippen molar-refractivity contribution < 1.29 is 19.1 Å². The minimum atomic E-state index is -0.641. The summed E-state index contributed by atoms with van der Waals surface area (Å²) >= 11 is 3.60. The molecular weight excluding hydrogens is 604 g/mol. The second kappa shape index (κ2) is 11.1. The molecule has 3 saturated carbocycles. The lowest BCUT2D eigenvalue weighted by Crippen LogP contribution is -2.67. The van der Waals surface area contributed by atoms with Gasteiger partial charge in [0.2, 0.25) is 0 Å². The van der Waals surface area contributed by atoms with Crippen molar-refractivity contribution in [2.45, 2.75) is 77.0 Å². The normalized spacial score (nSPS) is 23.1. The van der Waals surface area contributed by atoms with E-state index in [9.17, 15) is 9.59 Å². The zero-order valence-electron chi connectivity index (χ0n) is 25.1. The number of halogens is 1. The summed E-state index contributed by atoms with van der Waals surface area (Å²) in [5, 5.41) is 4.27. The topological polar surface area (TPSA) is 77.5 Å². The Balaban J connectivity index is 1.40. The van der Waals surface area contributed by atoms with Crippen LogP contribution in [0.2, 0.25) is 0 Å². The molecule has 1 N–H and O–H groups in total. The molecule has 3 aliphatic carbocycles. The molecule has 1 unspecified atom stereocenters. The van der Waals surface area contributed by atoms with Crippen molar-refractivity contribution in [3.63, 3.8) is 0 Å². The van der Waals surface area contributed by atoms with Crippen LogP contribution < -0.4 is 10.1 Å². The molecule has 0 spiro atoms. The number of para-hydroxylation sites is 1. The van der Waals surface area contributed by atoms with Crippen LogP contribution in [0.3, 0.4) is 0 Å². The van der Waals surface area contributed by atoms with Gasteiger partial charge in [-0.25, -0.2) is 4.98 Å². The summed E-state index contributed by atoms with van der Waals surface area (Å²) in [6.07, 6.45) is 2.58. The van der Waals surface area contributed by atoms with E-state index in [1.165, 1.54) is 0 Å². The van der Waals surface area contributed by atoms with Crippen LogP contribution in [0.25, 0.3) is 22.2 Å². The summed E-state index contributed by atoms with van der Waals surface area (Å²) in [5.74, 6) is 0.386. The Hall–Kier alpha value is -3.71. The van der Waals surface area contributed by atoms with E-state index < -0.39 is 22.7 Å². The second-order valence-corrected chi connectivity index (χ2v) is 13.9. The molecule has 6 nitrogen and oxygen atoms in total. The Morgan fingerprint density at radius 3 is 2.23 bits per heavy atom. The van der Waals surface area contributed by atoms with Gasteiger partial charge in [0.05, 0.1) is 27.7 Å². The first-order chi connectivity index (χ1) is 20.5. The maximum Gasteiger partial charge on any atom is 0.312 e. The monoisotopic (exact) mass is 640 g/mol. The number of hydrogen-bond donors (Lipinski definition) is 1. The molecule has 3 aliphatic rings. The van der Waals surface area contributed by atoms with Crippen molar-refractivity contribution in [1.82, 2.24) is 10.3 Å². The third-order valence-electron chi connectivity index (χ3n) is 8.97. The van der Waals surface area contributed by atoms with E-state index >= 15 is 0 Å². The first kappa shape index (κ1) is 29.4. The van der Waals surface area contributed by atoms with E-state index in [-0.39, 0.29) is 11.9 Å². The Kier molecular flexibility index (Phi) is 7.57. The number of rotatable bonds is 6. The number of hydrogen-bond acceptors (Lipinski definition) is 5. The number of nitrogens with one attached hydrogen (secondary N) is 1. The van der Waals surface area contributed by atoms with Gasteiger partial charge < -0.3 is 14.8 Å². The van der Waals surface area contributed by atoms with Crippen LogP contribution in [0.15, 0.2) is 83.3 Å². The van der Waals surface area contributed by atoms with E-state index in [2.05, 4.69) is 21.2 Å². The molecule has 0 saturated heterocycles. The number of ether oxygens (including phenoxy) is 2. The lowest BCUT2D eigenvalue weighted by Gasteiger charge is -2.56. The molecule has 1 aromatic heterocycles. The van der Waals surface area contributed by atoms with E-state index in [4.69, 9.17) is 14.5 Å². The number of amides is 1. The molecule has 1 heterocycles. The Morgan fingerprint density at radius 2 is 1.58 bits per heavy atom. The summed E-state index contributed by atoms with van der Waals surface area (Å²) in [4.78, 5) is 33.1. The van der Waals surface area contributed by atoms with Gasteiger partial charge in [-0.1, -0.05) is 64.5 Å². The third kappa shape index (κ3) is 5.67. The van der Waals surface area contributed by atoms with Gasteiger partial charge in [-0.2, -0.15) is 0 Å². The summed E-state index contributed by atoms with van der Waals surface area (Å²) in [7, 11) is 0. The van der Waals surface area contributed by atoms with Crippen LogP contribution in [0, 0.1) is 12.3 Å². The first-order valence-electron chi connectivity index (χ1n) is 14.9. The minimum absolute atomic E-state index is 0.159. The Morgan fingerprint density at radius 1 is 0.930 bits per heavy atom. The molecule has 3 aromatic carbocycles. The van der Waals surface area contributed by atoms with Gasteiger partial charge in [0.1, 0.15) is 17.5 Å². The van der Waals surface area contributed by atoms with Gasteiger partial charge >= 0.3 is 5.97 Å². The zero-order valence-corrected chi connectivity index (χ0v) is 26.7.